The van der Waals surface area contributed by atoms with Gasteiger partial charge in [0.15, 0.2) is 17.4 Å². The Balaban J connectivity index is 1.21. The smallest absolute Gasteiger partial charge is 0.414 e. The van der Waals surface area contributed by atoms with Gasteiger partial charge in [-0.1, -0.05) is 48.5 Å². The number of H-pyrrole nitrogens is 1. The summed E-state index contributed by atoms with van der Waals surface area (Å²) in [4.78, 5) is 35.9. The zero-order valence-electron chi connectivity index (χ0n) is 19.3. The molecular weight excluding hydrogens is 482 g/mol. The molecule has 1 saturated heterocycles. The lowest BCUT2D eigenvalue weighted by atomic mass is 9.98. The molecule has 0 unspecified atom stereocenters. The van der Waals surface area contributed by atoms with Gasteiger partial charge in [0.05, 0.1) is 12.9 Å². The zero-order valence-corrected chi connectivity index (χ0v) is 19.3. The SMILES string of the molecule is O=C(Nc1nc2c(ncn2[C@@H]2O[C@H](CO)[C@@H](O)[C@H]2O)c(=O)[nH]1)OCC1c2ccccc2-c2ccccc21. The van der Waals surface area contributed by atoms with Crippen molar-refractivity contribution in [2.45, 2.75) is 30.5 Å². The Morgan fingerprint density at radius 2 is 1.76 bits per heavy atom. The normalized spacial score (nSPS) is 22.7. The number of carbonyl (C=O) groups is 1. The third-order valence-electron chi connectivity index (χ3n) is 6.79. The van der Waals surface area contributed by atoms with Gasteiger partial charge in [-0.2, -0.15) is 4.98 Å². The number of fused-ring (bicyclic) bond motifs is 4. The molecule has 12 heteroatoms. The number of imidazole rings is 1. The van der Waals surface area contributed by atoms with E-state index < -0.39 is 42.8 Å². The molecule has 5 N–H and O–H groups in total. The average Bonchev–Trinajstić information content (AvgIpc) is 3.55. The van der Waals surface area contributed by atoms with Crippen molar-refractivity contribution < 1.29 is 29.6 Å². The number of aromatic nitrogens is 4. The summed E-state index contributed by atoms with van der Waals surface area (Å²) >= 11 is 0. The molecular formula is C25H23N5O7. The second-order valence-electron chi connectivity index (χ2n) is 8.92. The van der Waals surface area contributed by atoms with Gasteiger partial charge < -0.3 is 24.8 Å². The number of carbonyl (C=O) groups excluding carboxylic acids is 1. The number of nitrogens with one attached hydrogen (secondary N) is 2. The van der Waals surface area contributed by atoms with Crippen molar-refractivity contribution in [3.05, 3.63) is 76.3 Å². The number of aromatic amines is 1. The van der Waals surface area contributed by atoms with Crippen LogP contribution in [-0.2, 0) is 9.47 Å². The first-order valence-corrected chi connectivity index (χ1v) is 11.7. The zero-order chi connectivity index (χ0) is 25.7. The number of anilines is 1. The summed E-state index contributed by atoms with van der Waals surface area (Å²) in [7, 11) is 0. The van der Waals surface area contributed by atoms with E-state index in [1.165, 1.54) is 10.9 Å². The predicted molar refractivity (Wildman–Crippen MR) is 130 cm³/mol. The van der Waals surface area contributed by atoms with Crippen LogP contribution in [0.2, 0.25) is 0 Å². The Hall–Kier alpha value is -4.10. The lowest BCUT2D eigenvalue weighted by Crippen LogP contribution is -2.33. The maximum absolute atomic E-state index is 12.7. The second-order valence-corrected chi connectivity index (χ2v) is 8.92. The molecule has 4 atom stereocenters. The van der Waals surface area contributed by atoms with E-state index in [2.05, 4.69) is 20.3 Å². The van der Waals surface area contributed by atoms with Gasteiger partial charge in [0.25, 0.3) is 5.56 Å². The highest BCUT2D eigenvalue weighted by Gasteiger charge is 2.44. The molecule has 1 amide bonds. The molecule has 12 nitrogen and oxygen atoms in total. The van der Waals surface area contributed by atoms with Crippen molar-refractivity contribution >= 4 is 23.2 Å². The van der Waals surface area contributed by atoms with Gasteiger partial charge >= 0.3 is 6.09 Å². The molecule has 190 valence electrons. The lowest BCUT2D eigenvalue weighted by molar-refractivity contribution is -0.0511. The number of amides is 1. The summed E-state index contributed by atoms with van der Waals surface area (Å²) in [6, 6.07) is 15.9. The molecule has 2 aliphatic rings. The standard InChI is InChI=1S/C25H23N5O7/c31-9-17-19(32)20(33)23(37-17)30-11-26-18-21(30)27-24(28-22(18)34)29-25(35)36-10-16-14-7-3-1-5-12(14)13-6-2-4-8-15(13)16/h1-8,11,16-17,19-20,23,31-33H,9-10H2,(H2,27,28,29,34,35)/t17-,19-,20-,23-/m1/s1. The van der Waals surface area contributed by atoms with E-state index in [4.69, 9.17) is 9.47 Å². The van der Waals surface area contributed by atoms with E-state index in [9.17, 15) is 24.9 Å². The van der Waals surface area contributed by atoms with E-state index >= 15 is 0 Å². The van der Waals surface area contributed by atoms with Gasteiger partial charge in [0, 0.05) is 5.92 Å². The quantitative estimate of drug-likeness (QED) is 0.266. The van der Waals surface area contributed by atoms with Gasteiger partial charge in [-0.15, -0.1) is 0 Å². The van der Waals surface area contributed by atoms with Crippen LogP contribution in [0, 0.1) is 0 Å². The number of benzene rings is 2. The number of aliphatic hydroxyl groups is 3. The van der Waals surface area contributed by atoms with Crippen LogP contribution in [-0.4, -0.2) is 72.5 Å². The number of ether oxygens (including phenoxy) is 2. The Morgan fingerprint density at radius 1 is 1.08 bits per heavy atom. The first-order valence-electron chi connectivity index (χ1n) is 11.7. The van der Waals surface area contributed by atoms with Gasteiger partial charge in [-0.25, -0.2) is 9.78 Å². The van der Waals surface area contributed by atoms with Gasteiger partial charge in [0.2, 0.25) is 5.95 Å². The van der Waals surface area contributed by atoms with Crippen molar-refractivity contribution in [1.82, 2.24) is 19.5 Å². The van der Waals surface area contributed by atoms with Crippen molar-refractivity contribution in [2.24, 2.45) is 0 Å². The highest BCUT2D eigenvalue weighted by molar-refractivity contribution is 5.84. The molecule has 0 radical (unpaired) electrons. The third-order valence-corrected chi connectivity index (χ3v) is 6.79. The molecule has 1 aliphatic heterocycles. The van der Waals surface area contributed by atoms with Crippen molar-refractivity contribution in [1.29, 1.82) is 0 Å². The van der Waals surface area contributed by atoms with E-state index in [0.717, 1.165) is 22.3 Å². The molecule has 6 rings (SSSR count). The molecule has 2 aromatic carbocycles. The van der Waals surface area contributed by atoms with Crippen LogP contribution in [0.1, 0.15) is 23.3 Å². The third kappa shape index (κ3) is 3.86. The molecule has 3 heterocycles. The fraction of sp³-hybridized carbons (Fsp3) is 0.280. The minimum Gasteiger partial charge on any atom is -0.448 e. The summed E-state index contributed by atoms with van der Waals surface area (Å²) in [6.07, 6.45) is -4.48. The first kappa shape index (κ1) is 23.3. The second kappa shape index (κ2) is 9.09. The highest BCUT2D eigenvalue weighted by Crippen LogP contribution is 2.44. The van der Waals surface area contributed by atoms with Gasteiger partial charge in [0.1, 0.15) is 24.9 Å². The van der Waals surface area contributed by atoms with E-state index in [1.807, 2.05) is 48.5 Å². The van der Waals surface area contributed by atoms with Crippen molar-refractivity contribution in [2.75, 3.05) is 18.5 Å². The fourth-order valence-electron chi connectivity index (χ4n) is 5.01. The summed E-state index contributed by atoms with van der Waals surface area (Å²) in [5.74, 6) is -0.329. The minimum absolute atomic E-state index is 0.00698. The lowest BCUT2D eigenvalue weighted by Gasteiger charge is -2.17. The van der Waals surface area contributed by atoms with Crippen molar-refractivity contribution in [3.63, 3.8) is 0 Å². The van der Waals surface area contributed by atoms with Crippen molar-refractivity contribution in [3.8, 4) is 11.1 Å². The maximum Gasteiger partial charge on any atom is 0.414 e. The maximum atomic E-state index is 12.7. The Kier molecular flexibility index (Phi) is 5.72. The fourth-order valence-corrected chi connectivity index (χ4v) is 5.01. The van der Waals surface area contributed by atoms with E-state index in [0.29, 0.717) is 0 Å². The molecule has 2 aromatic heterocycles. The number of hydrogen-bond donors (Lipinski definition) is 5. The summed E-state index contributed by atoms with van der Waals surface area (Å²) in [6.45, 7) is -0.434. The predicted octanol–water partition coefficient (Wildman–Crippen LogP) is 1.09. The van der Waals surface area contributed by atoms with Gasteiger partial charge in [-0.05, 0) is 22.3 Å². The Morgan fingerprint density at radius 3 is 2.41 bits per heavy atom. The summed E-state index contributed by atoms with van der Waals surface area (Å²) < 4.78 is 12.3. The number of aliphatic hydroxyl groups excluding tert-OH is 3. The number of hydrogen-bond acceptors (Lipinski definition) is 9. The van der Waals surface area contributed by atoms with Crippen LogP contribution < -0.4 is 10.9 Å². The minimum atomic E-state index is -1.39. The van der Waals surface area contributed by atoms with Crippen LogP contribution in [0.4, 0.5) is 10.7 Å². The van der Waals surface area contributed by atoms with Gasteiger partial charge in [-0.3, -0.25) is 19.7 Å². The number of rotatable bonds is 5. The molecule has 0 saturated carbocycles. The summed E-state index contributed by atoms with van der Waals surface area (Å²) in [5.41, 5.74) is 3.63. The monoisotopic (exact) mass is 505 g/mol. The van der Waals surface area contributed by atoms with Crippen LogP contribution >= 0.6 is 0 Å². The number of nitrogens with zero attached hydrogens (tertiary/aromatic N) is 3. The summed E-state index contributed by atoms with van der Waals surface area (Å²) in [5, 5.41) is 32.2. The van der Waals surface area contributed by atoms with E-state index in [-0.39, 0.29) is 29.6 Å². The topological polar surface area (TPSA) is 172 Å². The van der Waals surface area contributed by atoms with Crippen LogP contribution in [0.15, 0.2) is 59.7 Å². The van der Waals surface area contributed by atoms with Crippen LogP contribution in [0.5, 0.6) is 0 Å². The average molecular weight is 505 g/mol. The Bertz CT molecular complexity index is 1500. The molecule has 0 spiro atoms. The largest absolute Gasteiger partial charge is 0.448 e. The van der Waals surface area contributed by atoms with E-state index in [1.54, 1.807) is 0 Å². The highest BCUT2D eigenvalue weighted by atomic mass is 16.6. The Labute approximate surface area is 209 Å². The molecule has 4 aromatic rings. The van der Waals surface area contributed by atoms with Crippen LogP contribution in [0.25, 0.3) is 22.3 Å². The van der Waals surface area contributed by atoms with Crippen LogP contribution in [0.3, 0.4) is 0 Å². The molecule has 1 fully saturated rings. The molecule has 37 heavy (non-hydrogen) atoms. The molecule has 0 bridgehead atoms. The molecule has 1 aliphatic carbocycles. The first-order chi connectivity index (χ1) is 18.0.